The predicted octanol–water partition coefficient (Wildman–Crippen LogP) is 5.04. The van der Waals surface area contributed by atoms with E-state index in [0.717, 1.165) is 24.2 Å². The SMILES string of the molecule is CCN(CC)c1ccc2cc(-c3nnc(Nc4ccc(F)cc4)s3)c(=O)oc2c1. The summed E-state index contributed by atoms with van der Waals surface area (Å²) in [5.41, 5.74) is 2.14. The van der Waals surface area contributed by atoms with E-state index in [4.69, 9.17) is 4.42 Å². The van der Waals surface area contributed by atoms with Gasteiger partial charge < -0.3 is 14.6 Å². The van der Waals surface area contributed by atoms with Crippen molar-refractivity contribution in [2.45, 2.75) is 13.8 Å². The number of nitrogens with zero attached hydrogens (tertiary/aromatic N) is 3. The van der Waals surface area contributed by atoms with Crippen LogP contribution in [-0.2, 0) is 0 Å². The van der Waals surface area contributed by atoms with Gasteiger partial charge in [-0.25, -0.2) is 9.18 Å². The quantitative estimate of drug-likeness (QED) is 0.449. The Balaban J connectivity index is 1.65. The van der Waals surface area contributed by atoms with Gasteiger partial charge in [0.15, 0.2) is 5.01 Å². The molecule has 0 unspecified atom stereocenters. The van der Waals surface area contributed by atoms with Crippen molar-refractivity contribution in [3.63, 3.8) is 0 Å². The third-order valence-corrected chi connectivity index (χ3v) is 5.47. The van der Waals surface area contributed by atoms with Crippen LogP contribution in [0.25, 0.3) is 21.5 Å². The van der Waals surface area contributed by atoms with Crippen molar-refractivity contribution in [3.8, 4) is 10.6 Å². The Morgan fingerprint density at radius 2 is 1.83 bits per heavy atom. The fourth-order valence-electron chi connectivity index (χ4n) is 3.07. The molecule has 29 heavy (non-hydrogen) atoms. The molecular weight excluding hydrogens is 391 g/mol. The van der Waals surface area contributed by atoms with Gasteiger partial charge in [0.1, 0.15) is 11.4 Å². The van der Waals surface area contributed by atoms with E-state index in [9.17, 15) is 9.18 Å². The van der Waals surface area contributed by atoms with Gasteiger partial charge in [0.05, 0.1) is 5.56 Å². The molecule has 2 aromatic carbocycles. The van der Waals surface area contributed by atoms with Crippen molar-refractivity contribution in [3.05, 3.63) is 64.8 Å². The third kappa shape index (κ3) is 3.97. The highest BCUT2D eigenvalue weighted by Crippen LogP contribution is 2.29. The molecule has 148 valence electrons. The molecule has 6 nitrogen and oxygen atoms in total. The average Bonchev–Trinajstić information content (AvgIpc) is 3.18. The fraction of sp³-hybridized carbons (Fsp3) is 0.190. The van der Waals surface area contributed by atoms with Crippen LogP contribution in [-0.4, -0.2) is 23.3 Å². The lowest BCUT2D eigenvalue weighted by Gasteiger charge is -2.20. The second kappa shape index (κ2) is 8.00. The predicted molar refractivity (Wildman–Crippen MR) is 115 cm³/mol. The van der Waals surface area contributed by atoms with Crippen LogP contribution in [0.5, 0.6) is 0 Å². The zero-order valence-corrected chi connectivity index (χ0v) is 16.8. The lowest BCUT2D eigenvalue weighted by atomic mass is 10.1. The van der Waals surface area contributed by atoms with E-state index >= 15 is 0 Å². The summed E-state index contributed by atoms with van der Waals surface area (Å²) in [6.45, 7) is 5.91. The molecule has 0 saturated heterocycles. The fourth-order valence-corrected chi connectivity index (χ4v) is 3.84. The maximum absolute atomic E-state index is 13.0. The molecule has 0 spiro atoms. The van der Waals surface area contributed by atoms with Crippen LogP contribution in [0, 0.1) is 5.82 Å². The highest BCUT2D eigenvalue weighted by molar-refractivity contribution is 7.18. The molecule has 0 radical (unpaired) electrons. The molecule has 4 aromatic rings. The number of halogens is 1. The lowest BCUT2D eigenvalue weighted by molar-refractivity contribution is 0.563. The summed E-state index contributed by atoms with van der Waals surface area (Å²) in [5, 5.41) is 13.0. The topological polar surface area (TPSA) is 71.3 Å². The number of fused-ring (bicyclic) bond motifs is 1. The average molecular weight is 410 g/mol. The van der Waals surface area contributed by atoms with Crippen LogP contribution < -0.4 is 15.8 Å². The summed E-state index contributed by atoms with van der Waals surface area (Å²) >= 11 is 1.23. The highest BCUT2D eigenvalue weighted by atomic mass is 32.1. The van der Waals surface area contributed by atoms with Crippen LogP contribution in [0.1, 0.15) is 13.8 Å². The van der Waals surface area contributed by atoms with Crippen molar-refractivity contribution < 1.29 is 8.81 Å². The van der Waals surface area contributed by atoms with Crippen LogP contribution >= 0.6 is 11.3 Å². The molecule has 0 aliphatic rings. The molecule has 1 N–H and O–H groups in total. The molecule has 0 saturated carbocycles. The molecular formula is C21H19FN4O2S. The van der Waals surface area contributed by atoms with E-state index in [-0.39, 0.29) is 5.82 Å². The first-order valence-corrected chi connectivity index (χ1v) is 10.1. The summed E-state index contributed by atoms with van der Waals surface area (Å²) in [7, 11) is 0. The first kappa shape index (κ1) is 19.1. The van der Waals surface area contributed by atoms with Gasteiger partial charge in [0.2, 0.25) is 5.13 Å². The maximum Gasteiger partial charge on any atom is 0.346 e. The van der Waals surface area contributed by atoms with Crippen LogP contribution in [0.3, 0.4) is 0 Å². The Morgan fingerprint density at radius 3 is 2.55 bits per heavy atom. The first-order valence-electron chi connectivity index (χ1n) is 9.26. The minimum absolute atomic E-state index is 0.313. The number of hydrogen-bond acceptors (Lipinski definition) is 7. The molecule has 0 atom stereocenters. The standard InChI is InChI=1S/C21H19FN4O2S/c1-3-26(4-2)16-10-5-13-11-17(20(27)28-18(13)12-16)19-24-25-21(29-19)23-15-8-6-14(22)7-9-15/h5-12H,3-4H2,1-2H3,(H,23,25). The van der Waals surface area contributed by atoms with E-state index < -0.39 is 5.63 Å². The number of benzene rings is 2. The monoisotopic (exact) mass is 410 g/mol. The Kier molecular flexibility index (Phi) is 5.26. The van der Waals surface area contributed by atoms with Gasteiger partial charge in [-0.2, -0.15) is 0 Å². The van der Waals surface area contributed by atoms with Gasteiger partial charge in [-0.3, -0.25) is 0 Å². The summed E-state index contributed by atoms with van der Waals surface area (Å²) in [5.74, 6) is -0.313. The highest BCUT2D eigenvalue weighted by Gasteiger charge is 2.14. The largest absolute Gasteiger partial charge is 0.422 e. The second-order valence-electron chi connectivity index (χ2n) is 6.39. The first-order chi connectivity index (χ1) is 14.1. The van der Waals surface area contributed by atoms with Gasteiger partial charge in [0.25, 0.3) is 0 Å². The molecule has 2 aromatic heterocycles. The Hall–Kier alpha value is -3.26. The lowest BCUT2D eigenvalue weighted by Crippen LogP contribution is -2.21. The minimum Gasteiger partial charge on any atom is -0.422 e. The Morgan fingerprint density at radius 1 is 1.07 bits per heavy atom. The maximum atomic E-state index is 13.0. The molecule has 0 aliphatic heterocycles. The van der Waals surface area contributed by atoms with E-state index in [0.29, 0.717) is 27.0 Å². The van der Waals surface area contributed by atoms with Crippen molar-refractivity contribution in [2.75, 3.05) is 23.3 Å². The molecule has 2 heterocycles. The van der Waals surface area contributed by atoms with Crippen LogP contribution in [0.2, 0.25) is 0 Å². The minimum atomic E-state index is -0.460. The smallest absolute Gasteiger partial charge is 0.346 e. The van der Waals surface area contributed by atoms with Gasteiger partial charge in [-0.15, -0.1) is 10.2 Å². The number of rotatable bonds is 6. The Labute approximate surface area is 170 Å². The number of nitrogens with one attached hydrogen (secondary N) is 1. The molecule has 0 fully saturated rings. The number of hydrogen-bond donors (Lipinski definition) is 1. The normalized spacial score (nSPS) is 11.0. The molecule has 0 aliphatic carbocycles. The molecule has 8 heteroatoms. The second-order valence-corrected chi connectivity index (χ2v) is 7.36. The van der Waals surface area contributed by atoms with Crippen molar-refractivity contribution in [1.82, 2.24) is 10.2 Å². The van der Waals surface area contributed by atoms with Gasteiger partial charge in [0, 0.05) is 35.9 Å². The zero-order valence-electron chi connectivity index (χ0n) is 16.0. The van der Waals surface area contributed by atoms with E-state index in [1.54, 1.807) is 18.2 Å². The third-order valence-electron chi connectivity index (χ3n) is 4.60. The van der Waals surface area contributed by atoms with E-state index in [2.05, 4.69) is 34.3 Å². The van der Waals surface area contributed by atoms with Crippen LogP contribution in [0.15, 0.2) is 57.7 Å². The molecule has 0 bridgehead atoms. The number of anilines is 3. The molecule has 0 amide bonds. The van der Waals surface area contributed by atoms with Crippen LogP contribution in [0.4, 0.5) is 20.9 Å². The summed E-state index contributed by atoms with van der Waals surface area (Å²) < 4.78 is 18.6. The van der Waals surface area contributed by atoms with E-state index in [1.165, 1.54) is 23.5 Å². The van der Waals surface area contributed by atoms with Crippen molar-refractivity contribution in [1.29, 1.82) is 0 Å². The van der Waals surface area contributed by atoms with Gasteiger partial charge in [-0.05, 0) is 56.3 Å². The van der Waals surface area contributed by atoms with Gasteiger partial charge in [-0.1, -0.05) is 11.3 Å². The summed E-state index contributed by atoms with van der Waals surface area (Å²) in [6.07, 6.45) is 0. The number of aromatic nitrogens is 2. The van der Waals surface area contributed by atoms with E-state index in [1.807, 2.05) is 18.2 Å². The zero-order chi connectivity index (χ0) is 20.4. The summed E-state index contributed by atoms with van der Waals surface area (Å²) in [4.78, 5) is 14.7. The van der Waals surface area contributed by atoms with Gasteiger partial charge >= 0.3 is 5.63 Å². The molecule has 4 rings (SSSR count). The summed E-state index contributed by atoms with van der Waals surface area (Å²) in [6, 6.07) is 13.5. The van der Waals surface area contributed by atoms with Crippen molar-refractivity contribution >= 4 is 38.8 Å². The van der Waals surface area contributed by atoms with Crippen molar-refractivity contribution in [2.24, 2.45) is 0 Å². The Bertz CT molecular complexity index is 1200.